The summed E-state index contributed by atoms with van der Waals surface area (Å²) in [4.78, 5) is 13.1. The van der Waals surface area contributed by atoms with Crippen molar-refractivity contribution in [3.05, 3.63) is 34.6 Å². The van der Waals surface area contributed by atoms with Gasteiger partial charge in [-0.05, 0) is 24.1 Å². The number of ether oxygens (including phenoxy) is 1. The molecule has 5 heteroatoms. The van der Waals surface area contributed by atoms with Crippen LogP contribution in [0.5, 0.6) is 0 Å². The molecule has 0 atom stereocenters. The number of carboxylic acid groups (broad SMARTS) is 1. The molecule has 1 aliphatic heterocycles. The fourth-order valence-corrected chi connectivity index (χ4v) is 2.11. The molecule has 0 aromatic heterocycles. The van der Waals surface area contributed by atoms with Crippen molar-refractivity contribution in [3.63, 3.8) is 0 Å². The zero-order valence-electron chi connectivity index (χ0n) is 12.3. The summed E-state index contributed by atoms with van der Waals surface area (Å²) in [5, 5.41) is 8.95. The third-order valence-corrected chi connectivity index (χ3v) is 3.05. The highest BCUT2D eigenvalue weighted by Crippen LogP contribution is 2.17. The lowest BCUT2D eigenvalue weighted by atomic mass is 10.0. The monoisotopic (exact) mass is 283 g/mol. The van der Waals surface area contributed by atoms with E-state index in [4.69, 9.17) is 9.84 Å². The van der Waals surface area contributed by atoms with Gasteiger partial charge < -0.3 is 9.84 Å². The van der Waals surface area contributed by atoms with Gasteiger partial charge in [0.25, 0.3) is 0 Å². The fourth-order valence-electron chi connectivity index (χ4n) is 2.11. The van der Waals surface area contributed by atoms with Crippen LogP contribution in [0.25, 0.3) is 0 Å². The summed E-state index contributed by atoms with van der Waals surface area (Å²) in [5.41, 5.74) is 0.949. The molecule has 1 aromatic carbocycles. The average molecular weight is 283 g/mol. The minimum Gasteiger partial charge on any atom is -0.478 e. The Morgan fingerprint density at radius 1 is 1.35 bits per heavy atom. The van der Waals surface area contributed by atoms with Gasteiger partial charge in [-0.2, -0.15) is 0 Å². The highest BCUT2D eigenvalue weighted by Gasteiger charge is 2.16. The molecular weight excluding hydrogens is 261 g/mol. The Morgan fingerprint density at radius 2 is 1.95 bits per heavy atom. The number of aryl methyl sites for hydroxylation is 1. The van der Waals surface area contributed by atoms with Gasteiger partial charge in [0.2, 0.25) is 0 Å². The molecule has 1 aromatic rings. The second kappa shape index (κ2) is 7.97. The van der Waals surface area contributed by atoms with Crippen molar-refractivity contribution in [2.45, 2.75) is 27.3 Å². The molecule has 0 bridgehead atoms. The first-order chi connectivity index (χ1) is 9.58. The summed E-state index contributed by atoms with van der Waals surface area (Å²) in [6, 6.07) is 3.12. The number of halogens is 1. The second-order valence-corrected chi connectivity index (χ2v) is 4.47. The number of benzene rings is 1. The highest BCUT2D eigenvalue weighted by molar-refractivity contribution is 5.88. The first-order valence-corrected chi connectivity index (χ1v) is 6.90. The Morgan fingerprint density at radius 3 is 2.50 bits per heavy atom. The molecule has 20 heavy (non-hydrogen) atoms. The lowest BCUT2D eigenvalue weighted by molar-refractivity contribution is 0.0341. The van der Waals surface area contributed by atoms with Crippen LogP contribution in [-0.4, -0.2) is 42.3 Å². The minimum atomic E-state index is -1.22. The van der Waals surface area contributed by atoms with Crippen LogP contribution in [0.15, 0.2) is 12.1 Å². The van der Waals surface area contributed by atoms with E-state index >= 15 is 0 Å². The maximum absolute atomic E-state index is 13.6. The van der Waals surface area contributed by atoms with E-state index < -0.39 is 11.8 Å². The van der Waals surface area contributed by atoms with Gasteiger partial charge in [-0.15, -0.1) is 0 Å². The lowest BCUT2D eigenvalue weighted by Crippen LogP contribution is -2.35. The summed E-state index contributed by atoms with van der Waals surface area (Å²) in [6.45, 7) is 9.23. The summed E-state index contributed by atoms with van der Waals surface area (Å²) in [7, 11) is 0. The zero-order valence-corrected chi connectivity index (χ0v) is 12.3. The molecule has 1 heterocycles. The van der Waals surface area contributed by atoms with Crippen molar-refractivity contribution in [2.75, 3.05) is 26.3 Å². The Hall–Kier alpha value is -1.46. The summed E-state index contributed by atoms with van der Waals surface area (Å²) in [5.74, 6) is -1.87. The molecule has 1 aliphatic rings. The summed E-state index contributed by atoms with van der Waals surface area (Å²) >= 11 is 0. The summed E-state index contributed by atoms with van der Waals surface area (Å²) in [6.07, 6.45) is 0. The number of hydrogen-bond acceptors (Lipinski definition) is 3. The number of nitrogens with zero attached hydrogens (tertiary/aromatic N) is 1. The Bertz CT molecular complexity index is 457. The molecule has 0 unspecified atom stereocenters. The van der Waals surface area contributed by atoms with Crippen molar-refractivity contribution < 1.29 is 19.0 Å². The van der Waals surface area contributed by atoms with E-state index in [1.54, 1.807) is 13.0 Å². The lowest BCUT2D eigenvalue weighted by Gasteiger charge is -2.26. The predicted molar refractivity (Wildman–Crippen MR) is 75.5 cm³/mol. The topological polar surface area (TPSA) is 49.8 Å². The first-order valence-electron chi connectivity index (χ1n) is 6.90. The number of morpholine rings is 1. The molecule has 112 valence electrons. The molecule has 4 nitrogen and oxygen atoms in total. The third kappa shape index (κ3) is 4.28. The predicted octanol–water partition coefficient (Wildman–Crippen LogP) is 2.69. The Labute approximate surface area is 119 Å². The van der Waals surface area contributed by atoms with Gasteiger partial charge in [0, 0.05) is 19.6 Å². The van der Waals surface area contributed by atoms with Crippen LogP contribution in [0.3, 0.4) is 0 Å². The summed E-state index contributed by atoms with van der Waals surface area (Å²) < 4.78 is 18.8. The van der Waals surface area contributed by atoms with Crippen LogP contribution in [0, 0.1) is 12.7 Å². The molecule has 1 N–H and O–H groups in total. The average Bonchev–Trinajstić information content (AvgIpc) is 2.45. The maximum atomic E-state index is 13.6. The molecule has 2 rings (SSSR count). The smallest absolute Gasteiger partial charge is 0.338 e. The van der Waals surface area contributed by atoms with Crippen LogP contribution >= 0.6 is 0 Å². The van der Waals surface area contributed by atoms with E-state index in [1.165, 1.54) is 6.07 Å². The zero-order chi connectivity index (χ0) is 15.1. The van der Waals surface area contributed by atoms with Crippen molar-refractivity contribution in [1.82, 2.24) is 4.90 Å². The van der Waals surface area contributed by atoms with Gasteiger partial charge in [0.05, 0.1) is 18.8 Å². The van der Waals surface area contributed by atoms with Crippen LogP contribution < -0.4 is 0 Å². The van der Waals surface area contributed by atoms with E-state index in [0.717, 1.165) is 18.7 Å². The molecule has 0 amide bonds. The molecule has 0 radical (unpaired) electrons. The molecular formula is C15H22FNO3. The normalized spacial score (nSPS) is 15.4. The Kier molecular flexibility index (Phi) is 6.61. The standard InChI is InChI=1S/C13H16FNO3.C2H6/c1-9-6-10(7-11(12(9)14)13(16)17)8-15-2-4-18-5-3-15;1-2/h6-7H,2-5,8H2,1H3,(H,16,17);1-2H3. The van der Waals surface area contributed by atoms with Crippen molar-refractivity contribution in [2.24, 2.45) is 0 Å². The highest BCUT2D eigenvalue weighted by atomic mass is 19.1. The third-order valence-electron chi connectivity index (χ3n) is 3.05. The molecule has 0 saturated carbocycles. The quantitative estimate of drug-likeness (QED) is 0.926. The van der Waals surface area contributed by atoms with E-state index in [-0.39, 0.29) is 5.56 Å². The van der Waals surface area contributed by atoms with Crippen LogP contribution in [0.2, 0.25) is 0 Å². The van der Waals surface area contributed by atoms with Crippen molar-refractivity contribution in [1.29, 1.82) is 0 Å². The molecule has 0 aliphatic carbocycles. The van der Waals surface area contributed by atoms with Crippen molar-refractivity contribution in [3.8, 4) is 0 Å². The Balaban J connectivity index is 0.000000956. The van der Waals surface area contributed by atoms with Gasteiger partial charge in [0.1, 0.15) is 5.82 Å². The largest absolute Gasteiger partial charge is 0.478 e. The number of carboxylic acids is 1. The second-order valence-electron chi connectivity index (χ2n) is 4.47. The van der Waals surface area contributed by atoms with Crippen LogP contribution in [-0.2, 0) is 11.3 Å². The number of hydrogen-bond donors (Lipinski definition) is 1. The van der Waals surface area contributed by atoms with E-state index in [2.05, 4.69) is 4.90 Å². The fraction of sp³-hybridized carbons (Fsp3) is 0.533. The maximum Gasteiger partial charge on any atom is 0.338 e. The van der Waals surface area contributed by atoms with Gasteiger partial charge in [-0.3, -0.25) is 4.90 Å². The van der Waals surface area contributed by atoms with Crippen LogP contribution in [0.1, 0.15) is 35.3 Å². The van der Waals surface area contributed by atoms with Crippen LogP contribution in [0.4, 0.5) is 4.39 Å². The van der Waals surface area contributed by atoms with Crippen molar-refractivity contribution >= 4 is 5.97 Å². The van der Waals surface area contributed by atoms with Gasteiger partial charge in [-0.25, -0.2) is 9.18 Å². The van der Waals surface area contributed by atoms with E-state index in [1.807, 2.05) is 13.8 Å². The molecule has 0 spiro atoms. The van der Waals surface area contributed by atoms with Gasteiger partial charge >= 0.3 is 5.97 Å². The number of carbonyl (C=O) groups is 1. The van der Waals surface area contributed by atoms with E-state index in [0.29, 0.717) is 25.3 Å². The number of rotatable bonds is 3. The van der Waals surface area contributed by atoms with E-state index in [9.17, 15) is 9.18 Å². The SMILES string of the molecule is CC.Cc1cc(CN2CCOCC2)cc(C(=O)O)c1F. The molecule has 1 saturated heterocycles. The first kappa shape index (κ1) is 16.6. The number of aromatic carboxylic acids is 1. The van der Waals surface area contributed by atoms with Gasteiger partial charge in [0.15, 0.2) is 0 Å². The van der Waals surface area contributed by atoms with Gasteiger partial charge in [-0.1, -0.05) is 19.9 Å². The minimum absolute atomic E-state index is 0.252. The molecule has 1 fully saturated rings.